The normalized spacial score (nSPS) is 10.5. The first-order valence-corrected chi connectivity index (χ1v) is 6.07. The summed E-state index contributed by atoms with van der Waals surface area (Å²) >= 11 is 0. The van der Waals surface area contributed by atoms with Crippen molar-refractivity contribution in [1.29, 1.82) is 0 Å². The van der Waals surface area contributed by atoms with Crippen molar-refractivity contribution in [3.05, 3.63) is 63.7 Å². The van der Waals surface area contributed by atoms with Gasteiger partial charge in [-0.3, -0.25) is 15.5 Å². The third-order valence-corrected chi connectivity index (χ3v) is 2.74. The highest BCUT2D eigenvalue weighted by molar-refractivity contribution is 5.92. The molecule has 0 amide bonds. The first-order valence-electron chi connectivity index (χ1n) is 6.07. The average molecular weight is 301 g/mol. The first kappa shape index (κ1) is 15.0. The molecule has 0 bridgehead atoms. The van der Waals surface area contributed by atoms with Gasteiger partial charge in [-0.05, 0) is 35.9 Å². The molecule has 2 aromatic rings. The Morgan fingerprint density at radius 1 is 1.23 bits per heavy atom. The Morgan fingerprint density at radius 2 is 1.91 bits per heavy atom. The first-order chi connectivity index (χ1) is 10.5. The van der Waals surface area contributed by atoms with E-state index in [0.29, 0.717) is 11.3 Å². The number of hydrogen-bond acceptors (Lipinski definition) is 6. The predicted molar refractivity (Wildman–Crippen MR) is 79.4 cm³/mol. The van der Waals surface area contributed by atoms with E-state index in [1.54, 1.807) is 0 Å². The second-order valence-electron chi connectivity index (χ2n) is 4.26. The van der Waals surface area contributed by atoms with Crippen LogP contribution in [0.1, 0.15) is 15.9 Å². The van der Waals surface area contributed by atoms with Crippen LogP contribution in [-0.2, 0) is 0 Å². The van der Waals surface area contributed by atoms with Crippen molar-refractivity contribution in [2.75, 3.05) is 5.43 Å². The highest BCUT2D eigenvalue weighted by Crippen LogP contribution is 2.21. The van der Waals surface area contributed by atoms with Crippen LogP contribution in [0.25, 0.3) is 0 Å². The van der Waals surface area contributed by atoms with Gasteiger partial charge in [0.2, 0.25) is 0 Å². The second-order valence-corrected chi connectivity index (χ2v) is 4.26. The topological polar surface area (TPSA) is 125 Å². The zero-order chi connectivity index (χ0) is 16.1. The van der Waals surface area contributed by atoms with Crippen LogP contribution in [0, 0.1) is 10.1 Å². The Balaban J connectivity index is 2.07. The van der Waals surface area contributed by atoms with Crippen LogP contribution in [-0.4, -0.2) is 27.3 Å². The van der Waals surface area contributed by atoms with Crippen molar-refractivity contribution in [3.63, 3.8) is 0 Å². The van der Waals surface area contributed by atoms with Crippen molar-refractivity contribution >= 4 is 23.6 Å². The highest BCUT2D eigenvalue weighted by Gasteiger charge is 2.09. The summed E-state index contributed by atoms with van der Waals surface area (Å²) in [4.78, 5) is 20.9. The molecular formula is C14H11N3O5. The molecule has 0 aromatic heterocycles. The molecule has 0 unspecified atom stereocenters. The number of nitrogens with one attached hydrogen (secondary N) is 1. The second kappa shape index (κ2) is 6.35. The van der Waals surface area contributed by atoms with E-state index in [2.05, 4.69) is 10.5 Å². The van der Waals surface area contributed by atoms with Crippen molar-refractivity contribution < 1.29 is 19.9 Å². The monoisotopic (exact) mass is 301 g/mol. The van der Waals surface area contributed by atoms with Crippen LogP contribution < -0.4 is 5.43 Å². The van der Waals surface area contributed by atoms with E-state index in [4.69, 9.17) is 5.11 Å². The molecule has 0 atom stereocenters. The Labute approximate surface area is 124 Å². The van der Waals surface area contributed by atoms with Crippen molar-refractivity contribution in [3.8, 4) is 5.75 Å². The predicted octanol–water partition coefficient (Wildman–Crippen LogP) is 2.44. The third-order valence-electron chi connectivity index (χ3n) is 2.74. The Bertz CT molecular complexity index is 741. The van der Waals surface area contributed by atoms with Crippen LogP contribution >= 0.6 is 0 Å². The summed E-state index contributed by atoms with van der Waals surface area (Å²) in [5, 5.41) is 32.7. The number of benzene rings is 2. The Morgan fingerprint density at radius 3 is 2.50 bits per heavy atom. The number of aromatic hydroxyl groups is 1. The molecule has 0 spiro atoms. The number of carbonyl (C=O) groups is 1. The summed E-state index contributed by atoms with van der Waals surface area (Å²) < 4.78 is 0. The fraction of sp³-hybridized carbons (Fsp3) is 0. The van der Waals surface area contributed by atoms with Crippen LogP contribution in [0.3, 0.4) is 0 Å². The number of carboxylic acids is 1. The van der Waals surface area contributed by atoms with Gasteiger partial charge in [-0.15, -0.1) is 0 Å². The zero-order valence-corrected chi connectivity index (χ0v) is 11.1. The minimum Gasteiger partial charge on any atom is -0.507 e. The van der Waals surface area contributed by atoms with Crippen LogP contribution in [0.5, 0.6) is 5.75 Å². The summed E-state index contributed by atoms with van der Waals surface area (Å²) in [6.07, 6.45) is 1.43. The Kier molecular flexibility index (Phi) is 4.33. The van der Waals surface area contributed by atoms with Gasteiger partial charge in [0.05, 0.1) is 16.8 Å². The number of hydrogen-bond donors (Lipinski definition) is 3. The lowest BCUT2D eigenvalue weighted by molar-refractivity contribution is -0.384. The molecule has 3 N–H and O–H groups in total. The van der Waals surface area contributed by atoms with Crippen LogP contribution in [0.15, 0.2) is 47.6 Å². The lowest BCUT2D eigenvalue weighted by Crippen LogP contribution is -1.98. The van der Waals surface area contributed by atoms with E-state index in [0.717, 1.165) is 0 Å². The van der Waals surface area contributed by atoms with Crippen LogP contribution in [0.2, 0.25) is 0 Å². The summed E-state index contributed by atoms with van der Waals surface area (Å²) in [5.74, 6) is -1.59. The number of nitro benzene ring substituents is 1. The third kappa shape index (κ3) is 3.57. The maximum Gasteiger partial charge on any atom is 0.339 e. The standard InChI is InChI=1S/C14H11N3O5/c18-13-6-3-10(7-12(13)14(19)20)16-15-8-9-1-4-11(5-2-9)17(21)22/h1-8,16,18H,(H,19,20). The van der Waals surface area contributed by atoms with Gasteiger partial charge >= 0.3 is 5.97 Å². The fourth-order valence-electron chi connectivity index (χ4n) is 1.64. The molecule has 0 aliphatic heterocycles. The molecular weight excluding hydrogens is 290 g/mol. The molecule has 0 saturated carbocycles. The van der Waals surface area contributed by atoms with Gasteiger partial charge in [0.1, 0.15) is 11.3 Å². The summed E-state index contributed by atoms with van der Waals surface area (Å²) in [6, 6.07) is 9.72. The lowest BCUT2D eigenvalue weighted by atomic mass is 10.2. The SMILES string of the molecule is O=C(O)c1cc(NN=Cc2ccc([N+](=O)[O-])cc2)ccc1O. The van der Waals surface area contributed by atoms with E-state index in [-0.39, 0.29) is 17.0 Å². The lowest BCUT2D eigenvalue weighted by Gasteiger charge is -2.03. The molecule has 8 heteroatoms. The van der Waals surface area contributed by atoms with Crippen molar-refractivity contribution in [2.24, 2.45) is 5.10 Å². The maximum absolute atomic E-state index is 10.9. The van der Waals surface area contributed by atoms with Crippen molar-refractivity contribution in [1.82, 2.24) is 0 Å². The molecule has 2 aromatic carbocycles. The number of nitro groups is 1. The zero-order valence-electron chi connectivity index (χ0n) is 11.1. The van der Waals surface area contributed by atoms with E-state index in [9.17, 15) is 20.0 Å². The van der Waals surface area contributed by atoms with E-state index in [1.165, 1.54) is 48.7 Å². The van der Waals surface area contributed by atoms with Gasteiger partial charge in [0.25, 0.3) is 5.69 Å². The number of non-ortho nitro benzene ring substituents is 1. The molecule has 0 saturated heterocycles. The summed E-state index contributed by atoms with van der Waals surface area (Å²) in [7, 11) is 0. The van der Waals surface area contributed by atoms with Crippen molar-refractivity contribution in [2.45, 2.75) is 0 Å². The molecule has 22 heavy (non-hydrogen) atoms. The summed E-state index contributed by atoms with van der Waals surface area (Å²) in [5.41, 5.74) is 3.37. The molecule has 2 rings (SSSR count). The molecule has 0 aliphatic carbocycles. The van der Waals surface area contributed by atoms with Gasteiger partial charge in [-0.1, -0.05) is 0 Å². The minimum absolute atomic E-state index is 0.0188. The number of phenols is 1. The number of rotatable bonds is 5. The van der Waals surface area contributed by atoms with Crippen LogP contribution in [0.4, 0.5) is 11.4 Å². The molecule has 0 heterocycles. The van der Waals surface area contributed by atoms with Gasteiger partial charge in [0.15, 0.2) is 0 Å². The number of nitrogens with zero attached hydrogens (tertiary/aromatic N) is 2. The molecule has 112 valence electrons. The van der Waals surface area contributed by atoms with Gasteiger partial charge in [-0.2, -0.15) is 5.10 Å². The molecule has 0 fully saturated rings. The Hall–Kier alpha value is -3.42. The van der Waals surface area contributed by atoms with E-state index >= 15 is 0 Å². The number of aromatic carboxylic acids is 1. The molecule has 0 aliphatic rings. The number of hydrazone groups is 1. The fourth-order valence-corrected chi connectivity index (χ4v) is 1.64. The highest BCUT2D eigenvalue weighted by atomic mass is 16.6. The molecule has 0 radical (unpaired) electrons. The largest absolute Gasteiger partial charge is 0.507 e. The average Bonchev–Trinajstić information content (AvgIpc) is 2.49. The van der Waals surface area contributed by atoms with E-state index in [1.807, 2.05) is 0 Å². The maximum atomic E-state index is 10.9. The van der Waals surface area contributed by atoms with Gasteiger partial charge in [0, 0.05) is 12.1 Å². The minimum atomic E-state index is -1.25. The quantitative estimate of drug-likeness (QED) is 0.337. The van der Waals surface area contributed by atoms with E-state index < -0.39 is 10.9 Å². The van der Waals surface area contributed by atoms with Gasteiger partial charge in [-0.25, -0.2) is 4.79 Å². The number of anilines is 1. The summed E-state index contributed by atoms with van der Waals surface area (Å²) in [6.45, 7) is 0. The van der Waals surface area contributed by atoms with Gasteiger partial charge < -0.3 is 10.2 Å². The smallest absolute Gasteiger partial charge is 0.339 e. The number of carboxylic acid groups (broad SMARTS) is 1. The molecule has 8 nitrogen and oxygen atoms in total.